The topological polar surface area (TPSA) is 85.3 Å². The van der Waals surface area contributed by atoms with Crippen LogP contribution in [0.4, 0.5) is 4.39 Å². The van der Waals surface area contributed by atoms with Gasteiger partial charge >= 0.3 is 0 Å². The maximum absolute atomic E-state index is 13.1. The second kappa shape index (κ2) is 8.88. The van der Waals surface area contributed by atoms with Crippen molar-refractivity contribution in [2.45, 2.75) is 11.8 Å². The fourth-order valence-corrected chi connectivity index (χ4v) is 4.93. The number of hydrogen-bond donors (Lipinski definition) is 0. The molecule has 1 saturated heterocycles. The molecule has 2 aromatic rings. The van der Waals surface area contributed by atoms with Crippen molar-refractivity contribution < 1.29 is 27.1 Å². The van der Waals surface area contributed by atoms with E-state index in [0.29, 0.717) is 22.0 Å². The van der Waals surface area contributed by atoms with Crippen molar-refractivity contribution in [2.24, 2.45) is 4.40 Å². The fourth-order valence-electron chi connectivity index (χ4n) is 2.70. The van der Waals surface area contributed by atoms with Crippen molar-refractivity contribution in [2.75, 3.05) is 20.8 Å². The Morgan fingerprint density at radius 3 is 2.43 bits per heavy atom. The molecule has 0 radical (unpaired) electrons. The van der Waals surface area contributed by atoms with Gasteiger partial charge in [-0.1, -0.05) is 0 Å². The van der Waals surface area contributed by atoms with E-state index in [1.807, 2.05) is 0 Å². The Bertz CT molecular complexity index is 1130. The molecule has 1 aliphatic heterocycles. The van der Waals surface area contributed by atoms with E-state index in [-0.39, 0.29) is 22.5 Å². The predicted molar refractivity (Wildman–Crippen MR) is 114 cm³/mol. The largest absolute Gasteiger partial charge is 0.497 e. The number of halogens is 1. The monoisotopic (exact) mass is 450 g/mol. The van der Waals surface area contributed by atoms with Crippen molar-refractivity contribution in [1.29, 1.82) is 0 Å². The molecule has 0 unspecified atom stereocenters. The Balaban J connectivity index is 1.98. The summed E-state index contributed by atoms with van der Waals surface area (Å²) < 4.78 is 52.6. The van der Waals surface area contributed by atoms with Crippen LogP contribution in [0.2, 0.25) is 0 Å². The average molecular weight is 451 g/mol. The molecule has 7 nitrogen and oxygen atoms in total. The predicted octanol–water partition coefficient (Wildman–Crippen LogP) is 3.52. The summed E-state index contributed by atoms with van der Waals surface area (Å²) in [7, 11) is -1.07. The minimum atomic E-state index is -4.11. The van der Waals surface area contributed by atoms with Crippen molar-refractivity contribution in [1.82, 2.24) is 4.90 Å². The van der Waals surface area contributed by atoms with Crippen LogP contribution < -0.4 is 9.47 Å². The first kappa shape index (κ1) is 21.8. The van der Waals surface area contributed by atoms with E-state index in [9.17, 15) is 17.6 Å². The highest BCUT2D eigenvalue weighted by molar-refractivity contribution is 8.19. The lowest BCUT2D eigenvalue weighted by Crippen LogP contribution is -2.29. The SMILES string of the molecule is CCN1C(=O)/C(=C/c2ccc(OC)cc2OC)SC1=NS(=O)(=O)c1ccc(F)cc1. The maximum Gasteiger partial charge on any atom is 0.284 e. The summed E-state index contributed by atoms with van der Waals surface area (Å²) in [5, 5.41) is 0.0329. The van der Waals surface area contributed by atoms with Gasteiger partial charge in [0.15, 0.2) is 5.17 Å². The van der Waals surface area contributed by atoms with Gasteiger partial charge in [-0.15, -0.1) is 4.40 Å². The zero-order valence-corrected chi connectivity index (χ0v) is 18.1. The number of thioether (sulfide) groups is 1. The molecular weight excluding hydrogens is 431 g/mol. The number of hydrogen-bond acceptors (Lipinski definition) is 6. The summed E-state index contributed by atoms with van der Waals surface area (Å²) in [6.07, 6.45) is 1.61. The summed E-state index contributed by atoms with van der Waals surface area (Å²) in [6, 6.07) is 9.49. The molecule has 1 aliphatic rings. The number of carbonyl (C=O) groups is 1. The van der Waals surface area contributed by atoms with E-state index >= 15 is 0 Å². The third-order valence-electron chi connectivity index (χ3n) is 4.24. The van der Waals surface area contributed by atoms with Gasteiger partial charge < -0.3 is 9.47 Å². The van der Waals surface area contributed by atoms with Gasteiger partial charge in [0.1, 0.15) is 17.3 Å². The molecule has 0 N–H and O–H groups in total. The number of sulfonamides is 1. The molecule has 0 aliphatic carbocycles. The average Bonchev–Trinajstić information content (AvgIpc) is 3.01. The summed E-state index contributed by atoms with van der Waals surface area (Å²) in [5.74, 6) is 0.180. The molecule has 0 atom stereocenters. The molecule has 0 aromatic heterocycles. The number of nitrogens with zero attached hydrogens (tertiary/aromatic N) is 2. The molecule has 1 fully saturated rings. The molecule has 0 saturated carbocycles. The van der Waals surface area contributed by atoms with E-state index in [1.165, 1.54) is 19.1 Å². The standard InChI is InChI=1S/C20H19FN2O5S2/c1-4-23-19(24)18(11-13-5-8-15(27-2)12-17(13)28-3)29-20(23)22-30(25,26)16-9-6-14(21)7-10-16/h5-12H,4H2,1-3H3/b18-11-,22-20?. The number of ether oxygens (including phenoxy) is 2. The highest BCUT2D eigenvalue weighted by Crippen LogP contribution is 2.36. The van der Waals surface area contributed by atoms with Gasteiger partial charge in [0.05, 0.1) is 24.0 Å². The zero-order valence-electron chi connectivity index (χ0n) is 16.5. The Hall–Kier alpha value is -2.85. The van der Waals surface area contributed by atoms with Gasteiger partial charge in [-0.25, -0.2) is 4.39 Å². The van der Waals surface area contributed by atoms with Gasteiger partial charge in [0.2, 0.25) is 0 Å². The van der Waals surface area contributed by atoms with Crippen LogP contribution >= 0.6 is 11.8 Å². The van der Waals surface area contributed by atoms with E-state index in [2.05, 4.69) is 4.40 Å². The number of benzene rings is 2. The molecule has 0 spiro atoms. The zero-order chi connectivity index (χ0) is 21.9. The van der Waals surface area contributed by atoms with Crippen LogP contribution in [0.25, 0.3) is 6.08 Å². The van der Waals surface area contributed by atoms with Crippen LogP contribution in [-0.4, -0.2) is 45.2 Å². The molecule has 1 amide bonds. The summed E-state index contributed by atoms with van der Waals surface area (Å²) >= 11 is 0.948. The van der Waals surface area contributed by atoms with E-state index in [4.69, 9.17) is 9.47 Å². The molecule has 2 aromatic carbocycles. The lowest BCUT2D eigenvalue weighted by atomic mass is 10.1. The summed E-state index contributed by atoms with van der Waals surface area (Å²) in [6.45, 7) is 1.95. The summed E-state index contributed by atoms with van der Waals surface area (Å²) in [4.78, 5) is 14.2. The molecule has 0 bridgehead atoms. The first-order chi connectivity index (χ1) is 14.3. The first-order valence-electron chi connectivity index (χ1n) is 8.83. The number of amides is 1. The Labute approximate surface area is 178 Å². The Kier molecular flexibility index (Phi) is 6.47. The van der Waals surface area contributed by atoms with Crippen molar-refractivity contribution in [3.8, 4) is 11.5 Å². The number of methoxy groups -OCH3 is 2. The second-order valence-electron chi connectivity index (χ2n) is 6.07. The highest BCUT2D eigenvalue weighted by Gasteiger charge is 2.34. The van der Waals surface area contributed by atoms with Gasteiger partial charge in [0, 0.05) is 18.2 Å². The van der Waals surface area contributed by atoms with E-state index in [0.717, 1.165) is 36.0 Å². The van der Waals surface area contributed by atoms with Crippen molar-refractivity contribution in [3.05, 3.63) is 58.8 Å². The van der Waals surface area contributed by atoms with Crippen LogP contribution in [0.1, 0.15) is 12.5 Å². The Morgan fingerprint density at radius 1 is 1.13 bits per heavy atom. The number of carbonyl (C=O) groups excluding carboxylic acids is 1. The fraction of sp³-hybridized carbons (Fsp3) is 0.200. The first-order valence-corrected chi connectivity index (χ1v) is 11.1. The third-order valence-corrected chi connectivity index (χ3v) is 6.64. The minimum absolute atomic E-state index is 0.0329. The van der Waals surface area contributed by atoms with Gasteiger partial charge in [-0.2, -0.15) is 8.42 Å². The van der Waals surface area contributed by atoms with Crippen LogP contribution in [0.5, 0.6) is 11.5 Å². The smallest absolute Gasteiger partial charge is 0.284 e. The Morgan fingerprint density at radius 2 is 1.83 bits per heavy atom. The van der Waals surface area contributed by atoms with E-state index in [1.54, 1.807) is 31.2 Å². The lowest BCUT2D eigenvalue weighted by Gasteiger charge is -2.12. The molecule has 3 rings (SSSR count). The van der Waals surface area contributed by atoms with Gasteiger partial charge in [0.25, 0.3) is 15.9 Å². The lowest BCUT2D eigenvalue weighted by molar-refractivity contribution is -0.122. The molecule has 10 heteroatoms. The van der Waals surface area contributed by atoms with Gasteiger partial charge in [-0.05, 0) is 61.2 Å². The van der Waals surface area contributed by atoms with Crippen LogP contribution in [0.15, 0.2) is 56.7 Å². The molecule has 30 heavy (non-hydrogen) atoms. The number of likely N-dealkylation sites (N-methyl/N-ethyl adjacent to an activating group) is 1. The summed E-state index contributed by atoms with van der Waals surface area (Å²) in [5.41, 5.74) is 0.632. The van der Waals surface area contributed by atoms with Crippen LogP contribution in [0, 0.1) is 5.82 Å². The number of rotatable bonds is 6. The molecule has 1 heterocycles. The van der Waals surface area contributed by atoms with Gasteiger partial charge in [-0.3, -0.25) is 9.69 Å². The third kappa shape index (κ3) is 4.49. The second-order valence-corrected chi connectivity index (χ2v) is 8.68. The molecular formula is C20H19FN2O5S2. The van der Waals surface area contributed by atoms with Crippen molar-refractivity contribution >= 4 is 38.9 Å². The minimum Gasteiger partial charge on any atom is -0.497 e. The maximum atomic E-state index is 13.1. The highest BCUT2D eigenvalue weighted by atomic mass is 32.2. The molecule has 158 valence electrons. The van der Waals surface area contributed by atoms with Crippen molar-refractivity contribution in [3.63, 3.8) is 0 Å². The van der Waals surface area contributed by atoms with Crippen LogP contribution in [0.3, 0.4) is 0 Å². The van der Waals surface area contributed by atoms with Crippen LogP contribution in [-0.2, 0) is 14.8 Å². The van der Waals surface area contributed by atoms with E-state index < -0.39 is 15.8 Å². The number of amidine groups is 1. The quantitative estimate of drug-likeness (QED) is 0.626. The normalized spacial score (nSPS) is 17.1.